The third kappa shape index (κ3) is 5.36. The van der Waals surface area contributed by atoms with Crippen molar-refractivity contribution in [3.05, 3.63) is 64.4 Å². The van der Waals surface area contributed by atoms with Crippen molar-refractivity contribution in [1.82, 2.24) is 25.6 Å². The molecule has 3 aromatic rings. The van der Waals surface area contributed by atoms with Gasteiger partial charge in [-0.2, -0.15) is 0 Å². The summed E-state index contributed by atoms with van der Waals surface area (Å²) >= 11 is 4.53. The Kier molecular flexibility index (Phi) is 6.89. The molecule has 0 saturated carbocycles. The van der Waals surface area contributed by atoms with Crippen LogP contribution in [0, 0.1) is 6.92 Å². The zero-order chi connectivity index (χ0) is 20.8. The number of nitrogens with one attached hydrogen (secondary N) is 2. The number of hydrogen-bond acceptors (Lipinski definition) is 6. The van der Waals surface area contributed by atoms with E-state index in [2.05, 4.69) is 37.0 Å². The fourth-order valence-corrected chi connectivity index (χ4v) is 3.49. The third-order valence-corrected chi connectivity index (χ3v) is 5.34. The maximum Gasteiger partial charge on any atom is 0.269 e. The largest absolute Gasteiger partial charge is 0.497 e. The van der Waals surface area contributed by atoms with Gasteiger partial charge < -0.3 is 4.74 Å². The number of hydrazine groups is 1. The average molecular weight is 476 g/mol. The van der Waals surface area contributed by atoms with Crippen LogP contribution in [0.25, 0.3) is 5.69 Å². The monoisotopic (exact) mass is 475 g/mol. The minimum atomic E-state index is -0.395. The summed E-state index contributed by atoms with van der Waals surface area (Å²) in [5.74, 6) is 0.751. The lowest BCUT2D eigenvalue weighted by Gasteiger charge is -2.10. The number of carbonyl (C=O) groups excluding carboxylic acids is 2. The molecule has 0 aliphatic heterocycles. The van der Waals surface area contributed by atoms with Crippen molar-refractivity contribution in [2.45, 2.75) is 12.1 Å². The highest BCUT2D eigenvalue weighted by Crippen LogP contribution is 2.23. The highest BCUT2D eigenvalue weighted by atomic mass is 79.9. The molecular weight excluding hydrogens is 458 g/mol. The minimum Gasteiger partial charge on any atom is -0.497 e. The molecular formula is C19H18BrN5O3S. The van der Waals surface area contributed by atoms with E-state index in [0.29, 0.717) is 16.5 Å². The molecule has 0 saturated heterocycles. The first-order valence-corrected chi connectivity index (χ1v) is 10.3. The van der Waals surface area contributed by atoms with Gasteiger partial charge in [-0.3, -0.25) is 25.0 Å². The highest BCUT2D eigenvalue weighted by molar-refractivity contribution is 9.10. The summed E-state index contributed by atoms with van der Waals surface area (Å²) in [5.41, 5.74) is 6.10. The number of carbonyl (C=O) groups is 2. The van der Waals surface area contributed by atoms with Crippen LogP contribution in [-0.2, 0) is 4.79 Å². The number of aromatic nitrogens is 3. The molecule has 0 radical (unpaired) electrons. The second-order valence-electron chi connectivity index (χ2n) is 5.86. The Hall–Kier alpha value is -2.85. The Morgan fingerprint density at radius 1 is 1.07 bits per heavy atom. The Morgan fingerprint density at radius 2 is 1.76 bits per heavy atom. The van der Waals surface area contributed by atoms with E-state index in [9.17, 15) is 9.59 Å². The zero-order valence-corrected chi connectivity index (χ0v) is 18.1. The van der Waals surface area contributed by atoms with Gasteiger partial charge in [0.1, 0.15) is 11.6 Å². The van der Waals surface area contributed by atoms with Crippen molar-refractivity contribution in [1.29, 1.82) is 0 Å². The maximum atomic E-state index is 12.1. The van der Waals surface area contributed by atoms with Crippen LogP contribution >= 0.6 is 27.7 Å². The number of hydrogen-bond donors (Lipinski definition) is 2. The van der Waals surface area contributed by atoms with Crippen molar-refractivity contribution in [2.75, 3.05) is 12.9 Å². The van der Waals surface area contributed by atoms with Crippen LogP contribution in [-0.4, -0.2) is 39.4 Å². The number of thioether (sulfide) groups is 1. The first kappa shape index (κ1) is 20.9. The number of rotatable bonds is 6. The number of aryl methyl sites for hydroxylation is 1. The predicted molar refractivity (Wildman–Crippen MR) is 113 cm³/mol. The van der Waals surface area contributed by atoms with Crippen molar-refractivity contribution < 1.29 is 14.3 Å². The standard InChI is InChI=1S/C19H18BrN5O3S/c1-12-21-24-19(25(12)15-7-9-16(28-2)10-8-15)29-11-17(26)22-23-18(27)13-3-5-14(20)6-4-13/h3-10H,11H2,1-2H3,(H,22,26)(H,23,27). The summed E-state index contributed by atoms with van der Waals surface area (Å²) in [4.78, 5) is 24.2. The lowest BCUT2D eigenvalue weighted by molar-refractivity contribution is -0.119. The van der Waals surface area contributed by atoms with Crippen molar-refractivity contribution >= 4 is 39.5 Å². The molecule has 0 spiro atoms. The quantitative estimate of drug-likeness (QED) is 0.420. The molecule has 2 aromatic carbocycles. The van der Waals surface area contributed by atoms with Crippen molar-refractivity contribution in [3.8, 4) is 11.4 Å². The van der Waals surface area contributed by atoms with Gasteiger partial charge in [0.05, 0.1) is 12.9 Å². The number of halogens is 1. The SMILES string of the molecule is COc1ccc(-n2c(C)nnc2SCC(=O)NNC(=O)c2ccc(Br)cc2)cc1. The van der Waals surface area contributed by atoms with Crippen molar-refractivity contribution in [2.24, 2.45) is 0 Å². The summed E-state index contributed by atoms with van der Waals surface area (Å²) in [6.45, 7) is 1.83. The molecule has 1 heterocycles. The van der Waals surface area contributed by atoms with Gasteiger partial charge >= 0.3 is 0 Å². The van der Waals surface area contributed by atoms with Gasteiger partial charge in [0.25, 0.3) is 5.91 Å². The Balaban J connectivity index is 1.57. The second kappa shape index (κ2) is 9.57. The smallest absolute Gasteiger partial charge is 0.269 e. The third-order valence-electron chi connectivity index (χ3n) is 3.88. The number of amides is 2. The van der Waals surface area contributed by atoms with E-state index in [4.69, 9.17) is 4.74 Å². The predicted octanol–water partition coefficient (Wildman–Crippen LogP) is 2.90. The van der Waals surface area contributed by atoms with E-state index in [1.54, 1.807) is 31.4 Å². The van der Waals surface area contributed by atoms with Crippen LogP contribution in [0.15, 0.2) is 58.2 Å². The topological polar surface area (TPSA) is 98.1 Å². The number of nitrogens with zero attached hydrogens (tertiary/aromatic N) is 3. The highest BCUT2D eigenvalue weighted by Gasteiger charge is 2.14. The Morgan fingerprint density at radius 3 is 2.41 bits per heavy atom. The summed E-state index contributed by atoms with van der Waals surface area (Å²) < 4.78 is 7.89. The molecule has 0 atom stereocenters. The molecule has 29 heavy (non-hydrogen) atoms. The van der Waals surface area contributed by atoms with Crippen LogP contribution in [0.5, 0.6) is 5.75 Å². The van der Waals surface area contributed by atoms with Crippen LogP contribution in [0.3, 0.4) is 0 Å². The van der Waals surface area contributed by atoms with E-state index < -0.39 is 5.91 Å². The summed E-state index contributed by atoms with van der Waals surface area (Å²) in [5, 5.41) is 8.79. The fraction of sp³-hybridized carbons (Fsp3) is 0.158. The molecule has 8 nitrogen and oxygen atoms in total. The average Bonchev–Trinajstić information content (AvgIpc) is 3.11. The molecule has 0 aliphatic carbocycles. The first-order chi connectivity index (χ1) is 14.0. The summed E-state index contributed by atoms with van der Waals surface area (Å²) in [7, 11) is 1.61. The maximum absolute atomic E-state index is 12.1. The van der Waals surface area contributed by atoms with E-state index in [1.165, 1.54) is 11.8 Å². The Bertz CT molecular complexity index is 1010. The molecule has 0 fully saturated rings. The molecule has 10 heteroatoms. The molecule has 0 aliphatic rings. The van der Waals surface area contributed by atoms with E-state index in [0.717, 1.165) is 15.9 Å². The molecule has 150 valence electrons. The van der Waals surface area contributed by atoms with E-state index in [1.807, 2.05) is 35.8 Å². The van der Waals surface area contributed by atoms with E-state index >= 15 is 0 Å². The normalized spacial score (nSPS) is 10.4. The first-order valence-electron chi connectivity index (χ1n) is 8.52. The lowest BCUT2D eigenvalue weighted by Crippen LogP contribution is -2.42. The van der Waals surface area contributed by atoms with Gasteiger partial charge in [-0.05, 0) is 55.5 Å². The number of benzene rings is 2. The van der Waals surface area contributed by atoms with Gasteiger partial charge in [-0.1, -0.05) is 27.7 Å². The molecule has 0 bridgehead atoms. The molecule has 2 amide bonds. The number of ether oxygens (including phenoxy) is 1. The molecule has 3 rings (SSSR count). The van der Waals surface area contributed by atoms with Crippen LogP contribution in [0.2, 0.25) is 0 Å². The Labute approximate surface area is 180 Å². The fourth-order valence-electron chi connectivity index (χ4n) is 2.43. The van der Waals surface area contributed by atoms with Crippen LogP contribution in [0.4, 0.5) is 0 Å². The molecule has 1 aromatic heterocycles. The lowest BCUT2D eigenvalue weighted by atomic mass is 10.2. The van der Waals surface area contributed by atoms with Crippen LogP contribution < -0.4 is 15.6 Å². The van der Waals surface area contributed by atoms with Gasteiger partial charge in [-0.15, -0.1) is 10.2 Å². The van der Waals surface area contributed by atoms with Gasteiger partial charge in [0, 0.05) is 15.7 Å². The van der Waals surface area contributed by atoms with Gasteiger partial charge in [0.15, 0.2) is 5.16 Å². The second-order valence-corrected chi connectivity index (χ2v) is 7.72. The van der Waals surface area contributed by atoms with Gasteiger partial charge in [-0.25, -0.2) is 0 Å². The minimum absolute atomic E-state index is 0.0644. The molecule has 0 unspecified atom stereocenters. The van der Waals surface area contributed by atoms with Crippen LogP contribution in [0.1, 0.15) is 16.2 Å². The zero-order valence-electron chi connectivity index (χ0n) is 15.7. The molecule has 2 N–H and O–H groups in total. The summed E-state index contributed by atoms with van der Waals surface area (Å²) in [6.07, 6.45) is 0. The summed E-state index contributed by atoms with van der Waals surface area (Å²) in [6, 6.07) is 14.3. The van der Waals surface area contributed by atoms with Gasteiger partial charge in [0.2, 0.25) is 5.91 Å². The number of methoxy groups -OCH3 is 1. The van der Waals surface area contributed by atoms with E-state index in [-0.39, 0.29) is 11.7 Å². The van der Waals surface area contributed by atoms with Crippen molar-refractivity contribution in [3.63, 3.8) is 0 Å².